The molecule has 144 valence electrons. The lowest BCUT2D eigenvalue weighted by Gasteiger charge is -2.07. The van der Waals surface area contributed by atoms with Gasteiger partial charge in [-0.05, 0) is 36.8 Å². The van der Waals surface area contributed by atoms with Gasteiger partial charge in [0.1, 0.15) is 4.88 Å². The van der Waals surface area contributed by atoms with E-state index in [9.17, 15) is 9.59 Å². The second-order valence-electron chi connectivity index (χ2n) is 6.20. The molecule has 0 saturated heterocycles. The topological polar surface area (TPSA) is 71.1 Å². The molecule has 3 rings (SSSR count). The van der Waals surface area contributed by atoms with E-state index in [0.29, 0.717) is 35.0 Å². The lowest BCUT2D eigenvalue weighted by atomic mass is 10.2. The van der Waals surface area contributed by atoms with Crippen LogP contribution in [0.15, 0.2) is 54.6 Å². The molecule has 28 heavy (non-hydrogen) atoms. The number of benzene rings is 2. The molecule has 0 bridgehead atoms. The van der Waals surface area contributed by atoms with Gasteiger partial charge in [0.25, 0.3) is 11.8 Å². The smallest absolute Gasteiger partial charge is 0.263 e. The number of aryl methyl sites for hydroxylation is 1. The van der Waals surface area contributed by atoms with Crippen LogP contribution in [0.4, 0.5) is 0 Å². The number of hydrogen-bond acceptors (Lipinski definition) is 4. The Labute approximate surface area is 172 Å². The lowest BCUT2D eigenvalue weighted by Crippen LogP contribution is -2.34. The molecule has 2 N–H and O–H groups in total. The molecular formula is C21H20ClN3O2S. The minimum absolute atomic E-state index is 0.171. The Morgan fingerprint density at radius 3 is 2.29 bits per heavy atom. The van der Waals surface area contributed by atoms with E-state index in [1.54, 1.807) is 24.3 Å². The zero-order valence-corrected chi connectivity index (χ0v) is 16.9. The molecule has 0 aliphatic rings. The summed E-state index contributed by atoms with van der Waals surface area (Å²) in [4.78, 5) is 29.6. The average Bonchev–Trinajstić information content (AvgIpc) is 3.06. The Hall–Kier alpha value is -2.70. The number of aromatic nitrogens is 1. The normalized spacial score (nSPS) is 10.5. The molecule has 2 aromatic carbocycles. The number of rotatable bonds is 7. The first-order valence-electron chi connectivity index (χ1n) is 8.85. The number of nitrogens with zero attached hydrogens (tertiary/aromatic N) is 1. The molecule has 3 aromatic rings. The number of carbonyl (C=O) groups is 2. The van der Waals surface area contributed by atoms with Crippen LogP contribution in [-0.2, 0) is 6.42 Å². The summed E-state index contributed by atoms with van der Waals surface area (Å²) >= 11 is 7.21. The quantitative estimate of drug-likeness (QED) is 0.578. The van der Waals surface area contributed by atoms with Gasteiger partial charge in [-0.1, -0.05) is 41.9 Å². The third-order valence-electron chi connectivity index (χ3n) is 4.05. The van der Waals surface area contributed by atoms with Crippen molar-refractivity contribution in [2.45, 2.75) is 13.3 Å². The first kappa shape index (κ1) is 20.0. The average molecular weight is 414 g/mol. The molecular weight excluding hydrogens is 394 g/mol. The van der Waals surface area contributed by atoms with Gasteiger partial charge in [0, 0.05) is 30.1 Å². The van der Waals surface area contributed by atoms with Crippen molar-refractivity contribution >= 4 is 34.8 Å². The summed E-state index contributed by atoms with van der Waals surface area (Å²) < 4.78 is 0. The van der Waals surface area contributed by atoms with Crippen LogP contribution in [0.5, 0.6) is 0 Å². The summed E-state index contributed by atoms with van der Waals surface area (Å²) in [6.45, 7) is 2.51. The van der Waals surface area contributed by atoms with Crippen LogP contribution in [0.1, 0.15) is 36.3 Å². The van der Waals surface area contributed by atoms with Gasteiger partial charge in [-0.25, -0.2) is 4.98 Å². The van der Waals surface area contributed by atoms with E-state index in [4.69, 9.17) is 11.6 Å². The fraction of sp³-hybridized carbons (Fsp3) is 0.190. The van der Waals surface area contributed by atoms with Crippen LogP contribution in [0, 0.1) is 6.92 Å². The highest BCUT2D eigenvalue weighted by Gasteiger charge is 2.15. The van der Waals surface area contributed by atoms with E-state index >= 15 is 0 Å². The van der Waals surface area contributed by atoms with Crippen LogP contribution >= 0.6 is 22.9 Å². The zero-order valence-electron chi connectivity index (χ0n) is 15.4. The third-order valence-corrected chi connectivity index (χ3v) is 5.46. The van der Waals surface area contributed by atoms with Crippen molar-refractivity contribution in [3.63, 3.8) is 0 Å². The van der Waals surface area contributed by atoms with Gasteiger partial charge in [0.15, 0.2) is 0 Å². The molecule has 0 saturated carbocycles. The van der Waals surface area contributed by atoms with Gasteiger partial charge in [-0.15, -0.1) is 11.3 Å². The number of nitrogens with one attached hydrogen (secondary N) is 2. The summed E-state index contributed by atoms with van der Waals surface area (Å²) in [5.41, 5.74) is 2.41. The maximum absolute atomic E-state index is 12.4. The van der Waals surface area contributed by atoms with Crippen LogP contribution in [-0.4, -0.2) is 29.9 Å². The molecule has 0 aliphatic carbocycles. The minimum Gasteiger partial charge on any atom is -0.350 e. The van der Waals surface area contributed by atoms with Gasteiger partial charge in [0.05, 0.1) is 10.7 Å². The highest BCUT2D eigenvalue weighted by Crippen LogP contribution is 2.20. The van der Waals surface area contributed by atoms with E-state index in [-0.39, 0.29) is 11.8 Å². The fourth-order valence-electron chi connectivity index (χ4n) is 2.64. The molecule has 1 aromatic heterocycles. The standard InChI is InChI=1S/C21H20ClN3O2S/c1-14-19(28-18(25-14)13-15-5-3-2-4-6-15)21(27)24-12-11-23-20(26)16-7-9-17(22)10-8-16/h2-10H,11-13H2,1H3,(H,23,26)(H,24,27). The largest absolute Gasteiger partial charge is 0.350 e. The monoisotopic (exact) mass is 413 g/mol. The maximum Gasteiger partial charge on any atom is 0.263 e. The number of amides is 2. The van der Waals surface area contributed by atoms with Crippen molar-refractivity contribution in [2.24, 2.45) is 0 Å². The molecule has 7 heteroatoms. The number of hydrogen-bond donors (Lipinski definition) is 2. The van der Waals surface area contributed by atoms with Gasteiger partial charge in [-0.3, -0.25) is 9.59 Å². The molecule has 0 fully saturated rings. The molecule has 2 amide bonds. The molecule has 0 atom stereocenters. The van der Waals surface area contributed by atoms with Crippen molar-refractivity contribution in [3.05, 3.63) is 86.3 Å². The third kappa shape index (κ3) is 5.41. The number of carbonyl (C=O) groups excluding carboxylic acids is 2. The predicted molar refractivity (Wildman–Crippen MR) is 112 cm³/mol. The van der Waals surface area contributed by atoms with E-state index in [2.05, 4.69) is 15.6 Å². The first-order chi connectivity index (χ1) is 13.5. The molecule has 0 aliphatic heterocycles. The summed E-state index contributed by atoms with van der Waals surface area (Å²) in [5, 5.41) is 7.08. The van der Waals surface area contributed by atoms with Crippen LogP contribution in [0.2, 0.25) is 5.02 Å². The van der Waals surface area contributed by atoms with E-state index in [1.807, 2.05) is 37.3 Å². The SMILES string of the molecule is Cc1nc(Cc2ccccc2)sc1C(=O)NCCNC(=O)c1ccc(Cl)cc1. The first-order valence-corrected chi connectivity index (χ1v) is 10.0. The molecule has 0 spiro atoms. The Bertz CT molecular complexity index is 956. The van der Waals surface area contributed by atoms with Crippen LogP contribution < -0.4 is 10.6 Å². The highest BCUT2D eigenvalue weighted by molar-refractivity contribution is 7.13. The Balaban J connectivity index is 1.48. The summed E-state index contributed by atoms with van der Waals surface area (Å²) in [6, 6.07) is 16.7. The molecule has 0 unspecified atom stereocenters. The lowest BCUT2D eigenvalue weighted by molar-refractivity contribution is 0.0929. The van der Waals surface area contributed by atoms with Crippen LogP contribution in [0.3, 0.4) is 0 Å². The van der Waals surface area contributed by atoms with Crippen LogP contribution in [0.25, 0.3) is 0 Å². The van der Waals surface area contributed by atoms with Crippen molar-refractivity contribution in [1.29, 1.82) is 0 Å². The Morgan fingerprint density at radius 1 is 0.964 bits per heavy atom. The van der Waals surface area contributed by atoms with E-state index in [1.165, 1.54) is 11.3 Å². The van der Waals surface area contributed by atoms with Crippen molar-refractivity contribution < 1.29 is 9.59 Å². The van der Waals surface area contributed by atoms with Gasteiger partial charge < -0.3 is 10.6 Å². The summed E-state index contributed by atoms with van der Waals surface area (Å²) in [7, 11) is 0. The van der Waals surface area contributed by atoms with Crippen molar-refractivity contribution in [3.8, 4) is 0 Å². The molecule has 5 nitrogen and oxygen atoms in total. The Morgan fingerprint density at radius 2 is 1.61 bits per heavy atom. The molecule has 1 heterocycles. The fourth-order valence-corrected chi connectivity index (χ4v) is 3.79. The maximum atomic E-state index is 12.4. The second-order valence-corrected chi connectivity index (χ2v) is 7.72. The van der Waals surface area contributed by atoms with Gasteiger partial charge in [0.2, 0.25) is 0 Å². The minimum atomic E-state index is -0.204. The Kier molecular flexibility index (Phi) is 6.79. The van der Waals surface area contributed by atoms with Gasteiger partial charge in [-0.2, -0.15) is 0 Å². The number of halogens is 1. The van der Waals surface area contributed by atoms with Crippen molar-refractivity contribution in [1.82, 2.24) is 15.6 Å². The van der Waals surface area contributed by atoms with E-state index < -0.39 is 0 Å². The van der Waals surface area contributed by atoms with Gasteiger partial charge >= 0.3 is 0 Å². The van der Waals surface area contributed by atoms with E-state index in [0.717, 1.165) is 16.3 Å². The predicted octanol–water partition coefficient (Wildman–Crippen LogP) is 3.86. The van der Waals surface area contributed by atoms with Crippen molar-refractivity contribution in [2.75, 3.05) is 13.1 Å². The summed E-state index contributed by atoms with van der Waals surface area (Å²) in [5.74, 6) is -0.375. The summed E-state index contributed by atoms with van der Waals surface area (Å²) in [6.07, 6.45) is 0.705. The molecule has 0 radical (unpaired) electrons. The second kappa shape index (κ2) is 9.48. The number of thiazole rings is 1. The highest BCUT2D eigenvalue weighted by atomic mass is 35.5. The zero-order chi connectivity index (χ0) is 19.9.